The number of rotatable bonds is 4. The van der Waals surface area contributed by atoms with Gasteiger partial charge in [0.2, 0.25) is 6.79 Å². The molecule has 0 spiro atoms. The molecule has 2 aliphatic heterocycles. The van der Waals surface area contributed by atoms with E-state index in [1.165, 1.54) is 35.9 Å². The van der Waals surface area contributed by atoms with Crippen LogP contribution in [0.1, 0.15) is 22.5 Å². The molecule has 0 radical (unpaired) electrons. The summed E-state index contributed by atoms with van der Waals surface area (Å²) in [5.74, 6) is 2.10. The van der Waals surface area contributed by atoms with Gasteiger partial charge >= 0.3 is 0 Å². The Morgan fingerprint density at radius 2 is 2.00 bits per heavy atom. The first-order valence-electron chi connectivity index (χ1n) is 9.03. The quantitative estimate of drug-likeness (QED) is 0.511. The smallest absolute Gasteiger partial charge is 0.265 e. The van der Waals surface area contributed by atoms with Gasteiger partial charge in [-0.2, -0.15) is 0 Å². The van der Waals surface area contributed by atoms with Gasteiger partial charge in [0.1, 0.15) is 10.6 Å². The lowest BCUT2D eigenvalue weighted by molar-refractivity contribution is 0.103. The molecule has 1 saturated heterocycles. The second-order valence-corrected chi connectivity index (χ2v) is 8.38. The van der Waals surface area contributed by atoms with Crippen molar-refractivity contribution in [2.75, 3.05) is 36.4 Å². The third kappa shape index (κ3) is 3.14. The van der Waals surface area contributed by atoms with Crippen LogP contribution < -0.4 is 19.7 Å². The molecule has 144 valence electrons. The molecule has 2 aromatic heterocycles. The van der Waals surface area contributed by atoms with E-state index in [0.29, 0.717) is 22.1 Å². The van der Waals surface area contributed by atoms with Gasteiger partial charge in [0.25, 0.3) is 5.91 Å². The Morgan fingerprint density at radius 3 is 2.82 bits per heavy atom. The normalized spacial score (nSPS) is 15.4. The van der Waals surface area contributed by atoms with E-state index in [2.05, 4.69) is 15.2 Å². The Labute approximate surface area is 170 Å². The summed E-state index contributed by atoms with van der Waals surface area (Å²) in [5, 5.41) is 4.62. The van der Waals surface area contributed by atoms with Gasteiger partial charge < -0.3 is 19.7 Å². The fourth-order valence-corrected chi connectivity index (χ4v) is 4.77. The minimum atomic E-state index is -0.167. The molecule has 1 aromatic carbocycles. The maximum Gasteiger partial charge on any atom is 0.265 e. The molecule has 5 rings (SSSR count). The number of benzene rings is 1. The van der Waals surface area contributed by atoms with Crippen LogP contribution in [0.5, 0.6) is 11.5 Å². The standard InChI is InChI=1S/C19H18N4O3S2/c1-27-19-21-16(23-6-2-3-7-23)12-9-15(28-18(12)22-19)17(24)20-11-4-5-13-14(8-11)26-10-25-13/h4-5,8-9H,2-3,6-7,10H2,1H3,(H,20,24). The van der Waals surface area contributed by atoms with Crippen molar-refractivity contribution in [1.82, 2.24) is 9.97 Å². The lowest BCUT2D eigenvalue weighted by atomic mass is 10.2. The van der Waals surface area contributed by atoms with Crippen molar-refractivity contribution >= 4 is 50.7 Å². The van der Waals surface area contributed by atoms with Crippen LogP contribution >= 0.6 is 23.1 Å². The summed E-state index contributed by atoms with van der Waals surface area (Å²) in [6, 6.07) is 7.28. The highest BCUT2D eigenvalue weighted by atomic mass is 32.2. The van der Waals surface area contributed by atoms with Crippen molar-refractivity contribution in [3.8, 4) is 11.5 Å². The van der Waals surface area contributed by atoms with Crippen molar-refractivity contribution in [1.29, 1.82) is 0 Å². The fourth-order valence-electron chi connectivity index (χ4n) is 3.43. The maximum absolute atomic E-state index is 12.8. The van der Waals surface area contributed by atoms with Gasteiger partial charge in [0.15, 0.2) is 16.7 Å². The molecule has 0 unspecified atom stereocenters. The Bertz CT molecular complexity index is 1060. The summed E-state index contributed by atoms with van der Waals surface area (Å²) in [5.41, 5.74) is 0.669. The molecule has 0 bridgehead atoms. The molecule has 9 heteroatoms. The van der Waals surface area contributed by atoms with Gasteiger partial charge in [-0.3, -0.25) is 4.79 Å². The minimum absolute atomic E-state index is 0.167. The Balaban J connectivity index is 1.47. The number of hydrogen-bond acceptors (Lipinski definition) is 8. The van der Waals surface area contributed by atoms with Crippen molar-refractivity contribution < 1.29 is 14.3 Å². The molecule has 0 saturated carbocycles. The van der Waals surface area contributed by atoms with Crippen LogP contribution in [0.3, 0.4) is 0 Å². The minimum Gasteiger partial charge on any atom is -0.454 e. The van der Waals surface area contributed by atoms with Crippen LogP contribution in [0.4, 0.5) is 11.5 Å². The number of nitrogens with zero attached hydrogens (tertiary/aromatic N) is 3. The molecule has 0 atom stereocenters. The SMILES string of the molecule is CSc1nc(N2CCCC2)c2cc(C(=O)Nc3ccc4c(c3)OCO4)sc2n1. The number of hydrogen-bond donors (Lipinski definition) is 1. The molecule has 1 amide bonds. The van der Waals surface area contributed by atoms with Crippen molar-refractivity contribution in [3.63, 3.8) is 0 Å². The van der Waals surface area contributed by atoms with E-state index in [1.54, 1.807) is 18.2 Å². The lowest BCUT2D eigenvalue weighted by Gasteiger charge is -2.17. The average Bonchev–Trinajstić information content (AvgIpc) is 3.46. The highest BCUT2D eigenvalue weighted by Gasteiger charge is 2.22. The summed E-state index contributed by atoms with van der Waals surface area (Å²) >= 11 is 2.91. The van der Waals surface area contributed by atoms with Gasteiger partial charge in [0.05, 0.1) is 10.3 Å². The molecule has 4 heterocycles. The highest BCUT2D eigenvalue weighted by Crippen LogP contribution is 2.36. The first kappa shape index (κ1) is 17.6. The van der Waals surface area contributed by atoms with Crippen molar-refractivity contribution in [3.05, 3.63) is 29.1 Å². The Kier molecular flexibility index (Phi) is 4.48. The van der Waals surface area contributed by atoms with Crippen molar-refractivity contribution in [2.45, 2.75) is 18.0 Å². The zero-order valence-corrected chi connectivity index (χ0v) is 16.9. The van der Waals surface area contributed by atoms with Crippen molar-refractivity contribution in [2.24, 2.45) is 0 Å². The molecule has 28 heavy (non-hydrogen) atoms. The molecule has 0 aliphatic carbocycles. The predicted molar refractivity (Wildman–Crippen MR) is 111 cm³/mol. The molecule has 3 aromatic rings. The molecular formula is C19H18N4O3S2. The maximum atomic E-state index is 12.8. The Morgan fingerprint density at radius 1 is 1.18 bits per heavy atom. The lowest BCUT2D eigenvalue weighted by Crippen LogP contribution is -2.19. The van der Waals surface area contributed by atoms with E-state index in [4.69, 9.17) is 14.5 Å². The van der Waals surface area contributed by atoms with E-state index >= 15 is 0 Å². The molecule has 1 fully saturated rings. The molecular weight excluding hydrogens is 396 g/mol. The monoisotopic (exact) mass is 414 g/mol. The first-order chi connectivity index (χ1) is 13.7. The van der Waals surface area contributed by atoms with Crippen LogP contribution in [-0.2, 0) is 0 Å². The third-order valence-electron chi connectivity index (χ3n) is 4.79. The van der Waals surface area contributed by atoms with Crippen LogP contribution in [0, 0.1) is 0 Å². The zero-order valence-electron chi connectivity index (χ0n) is 15.2. The number of thiophene rings is 1. The summed E-state index contributed by atoms with van der Waals surface area (Å²) in [6.45, 7) is 2.20. The number of amides is 1. The number of nitrogens with one attached hydrogen (secondary N) is 1. The van der Waals surface area contributed by atoms with Crippen LogP contribution in [-0.4, -0.2) is 42.0 Å². The highest BCUT2D eigenvalue weighted by molar-refractivity contribution is 7.98. The predicted octanol–water partition coefficient (Wildman–Crippen LogP) is 3.99. The van der Waals surface area contributed by atoms with Crippen LogP contribution in [0.25, 0.3) is 10.2 Å². The number of carbonyl (C=O) groups is 1. The average molecular weight is 415 g/mol. The number of ether oxygens (including phenoxy) is 2. The number of aromatic nitrogens is 2. The number of anilines is 2. The number of thioether (sulfide) groups is 1. The van der Waals surface area contributed by atoms with Crippen LogP contribution in [0.2, 0.25) is 0 Å². The zero-order chi connectivity index (χ0) is 19.1. The largest absolute Gasteiger partial charge is 0.454 e. The van der Waals surface area contributed by atoms with E-state index in [0.717, 1.165) is 34.3 Å². The van der Waals surface area contributed by atoms with E-state index < -0.39 is 0 Å². The second kappa shape index (κ2) is 7.14. The van der Waals surface area contributed by atoms with Crippen LogP contribution in [0.15, 0.2) is 29.4 Å². The molecule has 7 nitrogen and oxygen atoms in total. The number of fused-ring (bicyclic) bond motifs is 2. The molecule has 2 aliphatic rings. The number of carbonyl (C=O) groups excluding carboxylic acids is 1. The fraction of sp³-hybridized carbons (Fsp3) is 0.316. The summed E-state index contributed by atoms with van der Waals surface area (Å²) in [7, 11) is 0. The van der Waals surface area contributed by atoms with Gasteiger partial charge in [-0.25, -0.2) is 9.97 Å². The van der Waals surface area contributed by atoms with Gasteiger partial charge in [-0.1, -0.05) is 11.8 Å². The third-order valence-corrected chi connectivity index (χ3v) is 6.37. The van der Waals surface area contributed by atoms with E-state index in [1.807, 2.05) is 12.3 Å². The van der Waals surface area contributed by atoms with Gasteiger partial charge in [-0.15, -0.1) is 11.3 Å². The topological polar surface area (TPSA) is 76.6 Å². The second-order valence-electron chi connectivity index (χ2n) is 6.58. The summed E-state index contributed by atoms with van der Waals surface area (Å²) in [6.07, 6.45) is 4.30. The van der Waals surface area contributed by atoms with E-state index in [-0.39, 0.29) is 12.7 Å². The van der Waals surface area contributed by atoms with Gasteiger partial charge in [0, 0.05) is 24.8 Å². The first-order valence-corrected chi connectivity index (χ1v) is 11.1. The van der Waals surface area contributed by atoms with E-state index in [9.17, 15) is 4.79 Å². The summed E-state index contributed by atoms with van der Waals surface area (Å²) in [4.78, 5) is 25.9. The Hall–Kier alpha value is -2.52. The molecule has 1 N–H and O–H groups in total. The van der Waals surface area contributed by atoms with Gasteiger partial charge in [-0.05, 0) is 37.3 Å². The summed E-state index contributed by atoms with van der Waals surface area (Å²) < 4.78 is 10.7.